The molecule has 0 spiro atoms. The first-order valence-corrected chi connectivity index (χ1v) is 7.00. The van der Waals surface area contributed by atoms with Crippen LogP contribution >= 0.6 is 11.3 Å². The molecule has 0 bridgehead atoms. The van der Waals surface area contributed by atoms with E-state index in [1.54, 1.807) is 6.07 Å². The summed E-state index contributed by atoms with van der Waals surface area (Å²) in [5, 5.41) is 8.82. The molecule has 1 aromatic rings. The van der Waals surface area contributed by atoms with Crippen molar-refractivity contribution in [1.82, 2.24) is 4.90 Å². The number of carbonyl (C=O) groups is 2. The highest BCUT2D eigenvalue weighted by molar-refractivity contribution is 7.14. The number of halogens is 1. The molecule has 4 nitrogen and oxygen atoms in total. The summed E-state index contributed by atoms with van der Waals surface area (Å²) in [5.74, 6) is -1.76. The molecule has 0 aliphatic carbocycles. The zero-order valence-electron chi connectivity index (χ0n) is 10.9. The molecule has 2 heterocycles. The van der Waals surface area contributed by atoms with E-state index in [0.717, 1.165) is 16.9 Å². The van der Waals surface area contributed by atoms with E-state index in [0.29, 0.717) is 4.88 Å². The smallest absolute Gasteiger partial charge is 0.343 e. The lowest BCUT2D eigenvalue weighted by atomic mass is 10.1. The normalized spacial score (nSPS) is 22.8. The van der Waals surface area contributed by atoms with Gasteiger partial charge in [-0.3, -0.25) is 4.79 Å². The fourth-order valence-corrected chi connectivity index (χ4v) is 3.33. The second-order valence-electron chi connectivity index (χ2n) is 4.82. The monoisotopic (exact) mass is 285 g/mol. The van der Waals surface area contributed by atoms with Gasteiger partial charge in [0.1, 0.15) is 0 Å². The van der Waals surface area contributed by atoms with Gasteiger partial charge in [0, 0.05) is 17.8 Å². The summed E-state index contributed by atoms with van der Waals surface area (Å²) in [7, 11) is 0. The number of likely N-dealkylation sites (tertiary alicyclic amines) is 1. The molecule has 1 N–H and O–H groups in total. The Morgan fingerprint density at radius 1 is 1.58 bits per heavy atom. The van der Waals surface area contributed by atoms with Crippen molar-refractivity contribution < 1.29 is 19.1 Å². The molecule has 1 saturated heterocycles. The van der Waals surface area contributed by atoms with Gasteiger partial charge in [0.05, 0.1) is 11.4 Å². The molecule has 1 aromatic heterocycles. The summed E-state index contributed by atoms with van der Waals surface area (Å²) in [6, 6.07) is 1.80. The third-order valence-corrected chi connectivity index (χ3v) is 4.81. The Labute approximate surface area is 114 Å². The Morgan fingerprint density at radius 3 is 2.74 bits per heavy atom. The van der Waals surface area contributed by atoms with Crippen molar-refractivity contribution in [2.75, 3.05) is 13.1 Å². The van der Waals surface area contributed by atoms with Crippen LogP contribution in [0.5, 0.6) is 0 Å². The molecule has 1 aliphatic heterocycles. The van der Waals surface area contributed by atoms with Crippen LogP contribution in [0.25, 0.3) is 0 Å². The van der Waals surface area contributed by atoms with E-state index in [9.17, 15) is 14.0 Å². The van der Waals surface area contributed by atoms with Crippen molar-refractivity contribution in [3.05, 3.63) is 21.4 Å². The molecule has 1 aliphatic rings. The Bertz CT molecular complexity index is 528. The number of alkyl halides is 1. The Hall–Kier alpha value is -1.43. The number of aliphatic carboxylic acids is 1. The molecule has 1 unspecified atom stereocenters. The molecule has 0 radical (unpaired) electrons. The number of amides is 1. The summed E-state index contributed by atoms with van der Waals surface area (Å²) in [6.07, 6.45) is 0.713. The van der Waals surface area contributed by atoms with Crippen molar-refractivity contribution in [3.63, 3.8) is 0 Å². The first-order valence-electron chi connectivity index (χ1n) is 6.18. The molecular formula is C13H16FNO3S. The summed E-state index contributed by atoms with van der Waals surface area (Å²) >= 11 is 1.40. The van der Waals surface area contributed by atoms with Crippen LogP contribution in [0.2, 0.25) is 0 Å². The van der Waals surface area contributed by atoms with Gasteiger partial charge in [-0.1, -0.05) is 6.92 Å². The highest BCUT2D eigenvalue weighted by Gasteiger charge is 2.47. The van der Waals surface area contributed by atoms with Crippen LogP contribution in [0.1, 0.15) is 33.5 Å². The Morgan fingerprint density at radius 2 is 2.26 bits per heavy atom. The number of thiophene rings is 1. The number of carboxylic acids is 1. The Kier molecular flexibility index (Phi) is 3.62. The van der Waals surface area contributed by atoms with Crippen molar-refractivity contribution in [3.8, 4) is 0 Å². The summed E-state index contributed by atoms with van der Waals surface area (Å²) in [6.45, 7) is 3.74. The largest absolute Gasteiger partial charge is 0.479 e. The maximum atomic E-state index is 13.9. The number of carboxylic acid groups (broad SMARTS) is 1. The van der Waals surface area contributed by atoms with E-state index in [1.165, 1.54) is 16.2 Å². The van der Waals surface area contributed by atoms with Crippen LogP contribution in [0.3, 0.4) is 0 Å². The molecule has 6 heteroatoms. The first kappa shape index (κ1) is 14.0. The SMILES string of the molecule is CCc1sc(C(=O)N2CCC(F)(C(=O)O)C2)cc1C. The van der Waals surface area contributed by atoms with Gasteiger partial charge in [-0.15, -0.1) is 11.3 Å². The topological polar surface area (TPSA) is 57.6 Å². The van der Waals surface area contributed by atoms with Crippen LogP contribution in [-0.2, 0) is 11.2 Å². The molecule has 0 aromatic carbocycles. The van der Waals surface area contributed by atoms with Gasteiger partial charge in [0.25, 0.3) is 5.91 Å². The number of rotatable bonds is 3. The molecule has 104 valence electrons. The predicted octanol–water partition coefficient (Wildman–Crippen LogP) is 2.26. The van der Waals surface area contributed by atoms with Gasteiger partial charge in [-0.05, 0) is 25.0 Å². The van der Waals surface area contributed by atoms with E-state index >= 15 is 0 Å². The third kappa shape index (κ3) is 2.49. The molecule has 1 fully saturated rings. The number of aryl methyl sites for hydroxylation is 2. The molecular weight excluding hydrogens is 269 g/mol. The number of carbonyl (C=O) groups excluding carboxylic acids is 1. The van der Waals surface area contributed by atoms with E-state index in [1.807, 2.05) is 13.8 Å². The summed E-state index contributed by atoms with van der Waals surface area (Å²) in [5.41, 5.74) is -1.24. The van der Waals surface area contributed by atoms with Crippen LogP contribution in [-0.4, -0.2) is 40.6 Å². The molecule has 2 rings (SSSR count). The molecule has 1 atom stereocenters. The highest BCUT2D eigenvalue weighted by atomic mass is 32.1. The third-order valence-electron chi connectivity index (χ3n) is 3.44. The number of hydrogen-bond acceptors (Lipinski definition) is 3. The van der Waals surface area contributed by atoms with Crippen molar-refractivity contribution in [2.45, 2.75) is 32.4 Å². The quantitative estimate of drug-likeness (QED) is 0.926. The van der Waals surface area contributed by atoms with E-state index < -0.39 is 11.6 Å². The lowest BCUT2D eigenvalue weighted by Crippen LogP contribution is -2.38. The van der Waals surface area contributed by atoms with Gasteiger partial charge in [0.15, 0.2) is 0 Å². The molecule has 1 amide bonds. The maximum absolute atomic E-state index is 13.9. The van der Waals surface area contributed by atoms with E-state index in [4.69, 9.17) is 5.11 Å². The van der Waals surface area contributed by atoms with Gasteiger partial charge in [-0.2, -0.15) is 0 Å². The van der Waals surface area contributed by atoms with Gasteiger partial charge in [-0.25, -0.2) is 9.18 Å². The van der Waals surface area contributed by atoms with Crippen LogP contribution in [0.4, 0.5) is 4.39 Å². The van der Waals surface area contributed by atoms with Gasteiger partial charge >= 0.3 is 5.97 Å². The average molecular weight is 285 g/mol. The van der Waals surface area contributed by atoms with Crippen LogP contribution < -0.4 is 0 Å². The highest BCUT2D eigenvalue weighted by Crippen LogP contribution is 2.29. The summed E-state index contributed by atoms with van der Waals surface area (Å²) < 4.78 is 13.9. The molecule has 19 heavy (non-hydrogen) atoms. The van der Waals surface area contributed by atoms with E-state index in [2.05, 4.69) is 0 Å². The lowest BCUT2D eigenvalue weighted by molar-refractivity contribution is -0.149. The minimum atomic E-state index is -2.30. The lowest BCUT2D eigenvalue weighted by Gasteiger charge is -2.16. The molecule has 0 saturated carbocycles. The van der Waals surface area contributed by atoms with Gasteiger partial charge in [0.2, 0.25) is 5.67 Å². The second-order valence-corrected chi connectivity index (χ2v) is 5.95. The number of hydrogen-bond donors (Lipinski definition) is 1. The fourth-order valence-electron chi connectivity index (χ4n) is 2.25. The van der Waals surface area contributed by atoms with Crippen molar-refractivity contribution >= 4 is 23.2 Å². The standard InChI is InChI=1S/C13H16FNO3S/c1-3-9-8(2)6-10(19-9)11(16)15-5-4-13(14,7-15)12(17)18/h6H,3-5,7H2,1-2H3,(H,17,18). The average Bonchev–Trinajstić information content (AvgIpc) is 2.93. The second kappa shape index (κ2) is 4.92. The predicted molar refractivity (Wildman–Crippen MR) is 70.4 cm³/mol. The van der Waals surface area contributed by atoms with Crippen LogP contribution in [0.15, 0.2) is 6.07 Å². The minimum absolute atomic E-state index is 0.140. The van der Waals surface area contributed by atoms with Gasteiger partial charge < -0.3 is 10.0 Å². The summed E-state index contributed by atoms with van der Waals surface area (Å²) in [4.78, 5) is 26.0. The zero-order valence-corrected chi connectivity index (χ0v) is 11.7. The van der Waals surface area contributed by atoms with Crippen molar-refractivity contribution in [2.24, 2.45) is 0 Å². The first-order chi connectivity index (χ1) is 8.87. The zero-order chi connectivity index (χ0) is 14.2. The fraction of sp³-hybridized carbons (Fsp3) is 0.538. The number of nitrogens with zero attached hydrogens (tertiary/aromatic N) is 1. The van der Waals surface area contributed by atoms with Crippen LogP contribution in [0, 0.1) is 6.92 Å². The maximum Gasteiger partial charge on any atom is 0.343 e. The Balaban J connectivity index is 2.15. The minimum Gasteiger partial charge on any atom is -0.479 e. The van der Waals surface area contributed by atoms with E-state index in [-0.39, 0.29) is 25.4 Å². The van der Waals surface area contributed by atoms with Crippen molar-refractivity contribution in [1.29, 1.82) is 0 Å².